The van der Waals surface area contributed by atoms with Crippen molar-refractivity contribution in [2.75, 3.05) is 0 Å². The van der Waals surface area contributed by atoms with E-state index in [1.54, 1.807) is 0 Å². The van der Waals surface area contributed by atoms with Crippen molar-refractivity contribution in [3.05, 3.63) is 23.7 Å². The van der Waals surface area contributed by atoms with E-state index in [9.17, 15) is 18.4 Å². The molecule has 2 amide bonds. The van der Waals surface area contributed by atoms with Gasteiger partial charge in [0.2, 0.25) is 5.91 Å². The van der Waals surface area contributed by atoms with Crippen LogP contribution in [0.1, 0.15) is 36.6 Å². The molecule has 2 N–H and O–H groups in total. The molecule has 1 heterocycles. The lowest BCUT2D eigenvalue weighted by Crippen LogP contribution is -2.41. The highest BCUT2D eigenvalue weighted by atomic mass is 32.2. The SMILES string of the molecule is CC(C)CC(=O)NNC(=O)c1ccc(CSC(F)F)o1. The molecule has 0 bridgehead atoms. The van der Waals surface area contributed by atoms with Crippen LogP contribution in [-0.2, 0) is 10.5 Å². The maximum Gasteiger partial charge on any atom is 0.305 e. The van der Waals surface area contributed by atoms with E-state index in [0.29, 0.717) is 11.8 Å². The van der Waals surface area contributed by atoms with Gasteiger partial charge in [0.15, 0.2) is 5.76 Å². The Hall–Kier alpha value is -1.57. The standard InChI is InChI=1S/C12H16F2N2O3S/c1-7(2)5-10(17)15-16-11(18)9-4-3-8(19-9)6-20-12(13)14/h3-4,7,12H,5-6H2,1-2H3,(H,15,17)(H,16,18). The second-order valence-electron chi connectivity index (χ2n) is 4.44. The van der Waals surface area contributed by atoms with Crippen molar-refractivity contribution in [1.29, 1.82) is 0 Å². The molecule has 0 spiro atoms. The van der Waals surface area contributed by atoms with Gasteiger partial charge in [-0.3, -0.25) is 20.4 Å². The summed E-state index contributed by atoms with van der Waals surface area (Å²) in [6.45, 7) is 3.75. The lowest BCUT2D eigenvalue weighted by molar-refractivity contribution is -0.122. The average Bonchev–Trinajstić information content (AvgIpc) is 2.81. The number of hydrogen-bond donors (Lipinski definition) is 2. The number of rotatable bonds is 6. The summed E-state index contributed by atoms with van der Waals surface area (Å²) >= 11 is 0.406. The van der Waals surface area contributed by atoms with Crippen molar-refractivity contribution in [3.8, 4) is 0 Å². The van der Waals surface area contributed by atoms with Crippen LogP contribution in [0.25, 0.3) is 0 Å². The van der Waals surface area contributed by atoms with E-state index in [-0.39, 0.29) is 35.5 Å². The fourth-order valence-corrected chi connectivity index (χ4v) is 1.78. The third-order valence-corrected chi connectivity index (χ3v) is 2.85. The highest BCUT2D eigenvalue weighted by molar-refractivity contribution is 7.98. The van der Waals surface area contributed by atoms with Gasteiger partial charge >= 0.3 is 5.91 Å². The van der Waals surface area contributed by atoms with E-state index in [2.05, 4.69) is 10.9 Å². The van der Waals surface area contributed by atoms with Gasteiger partial charge in [-0.1, -0.05) is 25.6 Å². The number of carbonyl (C=O) groups excluding carboxylic acids is 2. The van der Waals surface area contributed by atoms with Gasteiger partial charge in [-0.2, -0.15) is 8.78 Å². The van der Waals surface area contributed by atoms with Gasteiger partial charge in [0.1, 0.15) is 5.76 Å². The molecule has 112 valence electrons. The first kappa shape index (κ1) is 16.5. The number of halogens is 2. The molecule has 0 atom stereocenters. The summed E-state index contributed by atoms with van der Waals surface area (Å²) < 4.78 is 29.1. The first-order valence-corrected chi connectivity index (χ1v) is 7.01. The van der Waals surface area contributed by atoms with Crippen molar-refractivity contribution in [2.24, 2.45) is 5.92 Å². The van der Waals surface area contributed by atoms with Gasteiger partial charge in [-0.25, -0.2) is 0 Å². The molecule has 0 fully saturated rings. The number of amides is 2. The molecule has 20 heavy (non-hydrogen) atoms. The van der Waals surface area contributed by atoms with Gasteiger partial charge in [-0.05, 0) is 18.1 Å². The molecule has 8 heteroatoms. The molecule has 0 radical (unpaired) electrons. The molecule has 0 unspecified atom stereocenters. The number of furan rings is 1. The summed E-state index contributed by atoms with van der Waals surface area (Å²) in [5.41, 5.74) is 4.44. The Morgan fingerprint density at radius 3 is 2.60 bits per heavy atom. The van der Waals surface area contributed by atoms with Crippen LogP contribution in [-0.4, -0.2) is 17.6 Å². The zero-order valence-electron chi connectivity index (χ0n) is 11.1. The fraction of sp³-hybridized carbons (Fsp3) is 0.500. The third kappa shape index (κ3) is 6.05. The van der Waals surface area contributed by atoms with Crippen LogP contribution in [0.3, 0.4) is 0 Å². The number of carbonyl (C=O) groups is 2. The van der Waals surface area contributed by atoms with Gasteiger partial charge in [0.25, 0.3) is 5.76 Å². The normalized spacial score (nSPS) is 10.9. The van der Waals surface area contributed by atoms with Crippen molar-refractivity contribution >= 4 is 23.6 Å². The number of thioether (sulfide) groups is 1. The molecule has 1 aromatic rings. The maximum absolute atomic E-state index is 12.0. The average molecular weight is 306 g/mol. The van der Waals surface area contributed by atoms with E-state index in [0.717, 1.165) is 0 Å². The molecule has 0 saturated heterocycles. The van der Waals surface area contributed by atoms with Gasteiger partial charge in [0.05, 0.1) is 5.75 Å². The molecule has 0 aliphatic rings. The number of hydrogen-bond acceptors (Lipinski definition) is 4. The van der Waals surface area contributed by atoms with Crippen LogP contribution in [0.15, 0.2) is 16.5 Å². The summed E-state index contributed by atoms with van der Waals surface area (Å²) in [5.74, 6) is -3.05. The van der Waals surface area contributed by atoms with Crippen LogP contribution in [0.2, 0.25) is 0 Å². The van der Waals surface area contributed by atoms with Gasteiger partial charge in [0, 0.05) is 6.42 Å². The van der Waals surface area contributed by atoms with Crippen molar-refractivity contribution in [2.45, 2.75) is 31.8 Å². The van der Waals surface area contributed by atoms with Crippen molar-refractivity contribution in [1.82, 2.24) is 10.9 Å². The monoisotopic (exact) mass is 306 g/mol. The van der Waals surface area contributed by atoms with E-state index in [1.165, 1.54) is 12.1 Å². The van der Waals surface area contributed by atoms with E-state index in [4.69, 9.17) is 4.42 Å². The maximum atomic E-state index is 12.0. The molecule has 0 saturated carbocycles. The lowest BCUT2D eigenvalue weighted by Gasteiger charge is -2.07. The summed E-state index contributed by atoms with van der Waals surface area (Å²) in [5, 5.41) is 0. The minimum absolute atomic E-state index is 0.0232. The van der Waals surface area contributed by atoms with Crippen LogP contribution in [0.4, 0.5) is 8.78 Å². The number of nitrogens with one attached hydrogen (secondary N) is 2. The first-order valence-electron chi connectivity index (χ1n) is 5.96. The smallest absolute Gasteiger partial charge is 0.305 e. The molecule has 0 aromatic carbocycles. The summed E-state index contributed by atoms with van der Waals surface area (Å²) in [6.07, 6.45) is 0.286. The zero-order chi connectivity index (χ0) is 15.1. The van der Waals surface area contributed by atoms with Crippen LogP contribution >= 0.6 is 11.8 Å². The Morgan fingerprint density at radius 1 is 1.30 bits per heavy atom. The van der Waals surface area contributed by atoms with Gasteiger partial charge in [-0.15, -0.1) is 0 Å². The van der Waals surface area contributed by atoms with Crippen LogP contribution in [0, 0.1) is 5.92 Å². The second-order valence-corrected chi connectivity index (χ2v) is 5.42. The second kappa shape index (κ2) is 7.88. The quantitative estimate of drug-likeness (QED) is 0.792. The number of alkyl halides is 2. The van der Waals surface area contributed by atoms with Crippen LogP contribution < -0.4 is 10.9 Å². The molecule has 5 nitrogen and oxygen atoms in total. The topological polar surface area (TPSA) is 71.3 Å². The van der Waals surface area contributed by atoms with Gasteiger partial charge < -0.3 is 4.42 Å². The summed E-state index contributed by atoms with van der Waals surface area (Å²) in [4.78, 5) is 22.9. The summed E-state index contributed by atoms with van der Waals surface area (Å²) in [6, 6.07) is 2.81. The minimum atomic E-state index is -2.49. The highest BCUT2D eigenvalue weighted by Gasteiger charge is 2.13. The molecule has 1 rings (SSSR count). The lowest BCUT2D eigenvalue weighted by atomic mass is 10.1. The third-order valence-electron chi connectivity index (χ3n) is 2.15. The predicted molar refractivity (Wildman–Crippen MR) is 71.1 cm³/mol. The molecular formula is C12H16F2N2O3S. The molecule has 0 aliphatic carbocycles. The number of hydrazine groups is 1. The van der Waals surface area contributed by atoms with E-state index in [1.807, 2.05) is 13.8 Å². The zero-order valence-corrected chi connectivity index (χ0v) is 11.9. The van der Waals surface area contributed by atoms with E-state index < -0.39 is 11.7 Å². The molecule has 1 aromatic heterocycles. The van der Waals surface area contributed by atoms with Crippen LogP contribution in [0.5, 0.6) is 0 Å². The Bertz CT molecular complexity index is 463. The summed E-state index contributed by atoms with van der Waals surface area (Å²) in [7, 11) is 0. The predicted octanol–water partition coefficient (Wildman–Crippen LogP) is 2.54. The highest BCUT2D eigenvalue weighted by Crippen LogP contribution is 2.21. The van der Waals surface area contributed by atoms with E-state index >= 15 is 0 Å². The Labute approximate surface area is 119 Å². The Morgan fingerprint density at radius 2 is 2.00 bits per heavy atom. The largest absolute Gasteiger partial charge is 0.455 e. The Balaban J connectivity index is 2.42. The molecule has 0 aliphatic heterocycles. The first-order chi connectivity index (χ1) is 9.38. The fourth-order valence-electron chi connectivity index (χ4n) is 1.33. The minimum Gasteiger partial charge on any atom is -0.455 e. The Kier molecular flexibility index (Phi) is 6.50. The molecular weight excluding hydrogens is 290 g/mol. The van der Waals surface area contributed by atoms with Crippen molar-refractivity contribution < 1.29 is 22.8 Å². The van der Waals surface area contributed by atoms with Crippen molar-refractivity contribution in [3.63, 3.8) is 0 Å².